The lowest BCUT2D eigenvalue weighted by Gasteiger charge is -2.07. The molecule has 0 unspecified atom stereocenters. The van der Waals surface area contributed by atoms with Crippen LogP contribution < -0.4 is 0 Å². The van der Waals surface area contributed by atoms with Crippen LogP contribution in [0, 0.1) is 0 Å². The molecule has 0 aliphatic heterocycles. The van der Waals surface area contributed by atoms with E-state index in [0.29, 0.717) is 12.1 Å². The fraction of sp³-hybridized carbons (Fsp3) is 0.235. The lowest BCUT2D eigenvalue weighted by Crippen LogP contribution is -2.05. The van der Waals surface area contributed by atoms with Crippen molar-refractivity contribution in [2.24, 2.45) is 0 Å². The van der Waals surface area contributed by atoms with Gasteiger partial charge in [0.2, 0.25) is 0 Å². The minimum absolute atomic E-state index is 0.0406. The van der Waals surface area contributed by atoms with Crippen molar-refractivity contribution >= 4 is 16.6 Å². The van der Waals surface area contributed by atoms with Crippen molar-refractivity contribution in [2.45, 2.75) is 26.7 Å². The molecule has 0 amide bonds. The van der Waals surface area contributed by atoms with Crippen LogP contribution in [0.2, 0.25) is 0 Å². The largest absolute Gasteiger partial charge is 0.292 e. The van der Waals surface area contributed by atoms with Gasteiger partial charge in [-0.25, -0.2) is 4.68 Å². The smallest absolute Gasteiger partial charge is 0.184 e. The van der Waals surface area contributed by atoms with E-state index < -0.39 is 0 Å². The number of nitrogens with zero attached hydrogens (tertiary/aromatic N) is 3. The second-order valence-corrected chi connectivity index (χ2v) is 4.96. The fourth-order valence-corrected chi connectivity index (χ4v) is 2.52. The lowest BCUT2D eigenvalue weighted by atomic mass is 10.1. The monoisotopic (exact) mass is 279 g/mol. The number of Topliss-reactive ketones (excluding diaryl/α,β-unsaturated/α-hetero) is 1. The van der Waals surface area contributed by atoms with Crippen LogP contribution in [-0.4, -0.2) is 20.8 Å². The summed E-state index contributed by atoms with van der Waals surface area (Å²) in [4.78, 5) is 11.9. The van der Waals surface area contributed by atoms with Crippen LogP contribution in [0.5, 0.6) is 0 Å². The van der Waals surface area contributed by atoms with Crippen molar-refractivity contribution < 1.29 is 4.79 Å². The SMILES string of the molecule is CCC(=O)c1nnn(-c2ccc3ccccc3c2)c1CC. The van der Waals surface area contributed by atoms with Crippen LogP contribution in [-0.2, 0) is 6.42 Å². The molecule has 1 aromatic heterocycles. The first kappa shape index (κ1) is 13.5. The molecule has 0 saturated heterocycles. The zero-order valence-electron chi connectivity index (χ0n) is 12.2. The van der Waals surface area contributed by atoms with Crippen molar-refractivity contribution in [3.05, 3.63) is 53.9 Å². The van der Waals surface area contributed by atoms with Gasteiger partial charge in [-0.05, 0) is 29.3 Å². The summed E-state index contributed by atoms with van der Waals surface area (Å²) in [6.07, 6.45) is 1.17. The highest BCUT2D eigenvalue weighted by Gasteiger charge is 2.17. The molecule has 0 N–H and O–H groups in total. The second kappa shape index (κ2) is 5.48. The van der Waals surface area contributed by atoms with Crippen molar-refractivity contribution in [2.75, 3.05) is 0 Å². The molecule has 0 spiro atoms. The number of aromatic nitrogens is 3. The first-order chi connectivity index (χ1) is 10.2. The predicted octanol–water partition coefficient (Wildman–Crippen LogP) is 3.58. The summed E-state index contributed by atoms with van der Waals surface area (Å²) in [5.41, 5.74) is 2.30. The average molecular weight is 279 g/mol. The van der Waals surface area contributed by atoms with Gasteiger partial charge in [-0.3, -0.25) is 4.79 Å². The molecule has 0 radical (unpaired) electrons. The van der Waals surface area contributed by atoms with Crippen molar-refractivity contribution in [1.29, 1.82) is 0 Å². The Bertz CT molecular complexity index is 805. The lowest BCUT2D eigenvalue weighted by molar-refractivity contribution is 0.0982. The van der Waals surface area contributed by atoms with E-state index in [1.54, 1.807) is 4.68 Å². The highest BCUT2D eigenvalue weighted by Crippen LogP contribution is 2.20. The number of ketones is 1. The van der Waals surface area contributed by atoms with E-state index in [4.69, 9.17) is 0 Å². The average Bonchev–Trinajstić information content (AvgIpc) is 2.97. The van der Waals surface area contributed by atoms with Gasteiger partial charge in [0.1, 0.15) is 0 Å². The van der Waals surface area contributed by atoms with Crippen LogP contribution in [0.25, 0.3) is 16.5 Å². The van der Waals surface area contributed by atoms with Gasteiger partial charge in [-0.1, -0.05) is 49.4 Å². The van der Waals surface area contributed by atoms with E-state index in [2.05, 4.69) is 34.6 Å². The minimum atomic E-state index is 0.0406. The van der Waals surface area contributed by atoms with Gasteiger partial charge >= 0.3 is 0 Å². The Morgan fingerprint density at radius 3 is 2.57 bits per heavy atom. The predicted molar refractivity (Wildman–Crippen MR) is 82.9 cm³/mol. The van der Waals surface area contributed by atoms with Crippen molar-refractivity contribution in [3.63, 3.8) is 0 Å². The number of rotatable bonds is 4. The third-order valence-corrected chi connectivity index (χ3v) is 3.66. The van der Waals surface area contributed by atoms with Crippen molar-refractivity contribution in [3.8, 4) is 5.69 Å². The Balaban J connectivity index is 2.14. The summed E-state index contributed by atoms with van der Waals surface area (Å²) in [5, 5.41) is 10.6. The topological polar surface area (TPSA) is 47.8 Å². The third kappa shape index (κ3) is 2.33. The maximum absolute atomic E-state index is 11.9. The fourth-order valence-electron chi connectivity index (χ4n) is 2.52. The number of hydrogen-bond donors (Lipinski definition) is 0. The summed E-state index contributed by atoms with van der Waals surface area (Å²) in [5.74, 6) is 0.0406. The molecule has 1 heterocycles. The van der Waals surface area contributed by atoms with Gasteiger partial charge in [0, 0.05) is 6.42 Å². The van der Waals surface area contributed by atoms with Gasteiger partial charge in [-0.15, -0.1) is 5.10 Å². The van der Waals surface area contributed by atoms with E-state index in [1.165, 1.54) is 5.39 Å². The van der Waals surface area contributed by atoms with Crippen LogP contribution in [0.4, 0.5) is 0 Å². The molecule has 4 heteroatoms. The van der Waals surface area contributed by atoms with Crippen LogP contribution in [0.1, 0.15) is 36.5 Å². The molecule has 0 fully saturated rings. The molecule has 3 aromatic rings. The molecule has 2 aromatic carbocycles. The molecular formula is C17H17N3O. The second-order valence-electron chi connectivity index (χ2n) is 4.96. The molecule has 0 bridgehead atoms. The van der Waals surface area contributed by atoms with Gasteiger partial charge in [-0.2, -0.15) is 0 Å². The highest BCUT2D eigenvalue weighted by atomic mass is 16.1. The Hall–Kier alpha value is -2.49. The number of fused-ring (bicyclic) bond motifs is 1. The molecule has 3 rings (SSSR count). The standard InChI is InChI=1S/C17H17N3O/c1-3-15-17(16(21)4-2)18-19-20(15)14-10-9-12-7-5-6-8-13(12)11-14/h5-11H,3-4H2,1-2H3. The molecule has 0 aliphatic carbocycles. The summed E-state index contributed by atoms with van der Waals surface area (Å²) >= 11 is 0. The van der Waals surface area contributed by atoms with E-state index in [-0.39, 0.29) is 5.78 Å². The molecule has 106 valence electrons. The third-order valence-electron chi connectivity index (χ3n) is 3.66. The Morgan fingerprint density at radius 2 is 1.86 bits per heavy atom. The highest BCUT2D eigenvalue weighted by molar-refractivity contribution is 5.95. The van der Waals surface area contributed by atoms with E-state index in [9.17, 15) is 4.79 Å². The van der Waals surface area contributed by atoms with E-state index in [1.807, 2.05) is 32.0 Å². The zero-order valence-corrected chi connectivity index (χ0v) is 12.2. The molecule has 0 aliphatic rings. The quantitative estimate of drug-likeness (QED) is 0.686. The van der Waals surface area contributed by atoms with E-state index >= 15 is 0 Å². The zero-order chi connectivity index (χ0) is 14.8. The Labute approximate surface area is 123 Å². The Morgan fingerprint density at radius 1 is 1.10 bits per heavy atom. The summed E-state index contributed by atoms with van der Waals surface area (Å²) < 4.78 is 1.77. The number of benzene rings is 2. The molecule has 0 saturated carbocycles. The molecular weight excluding hydrogens is 262 g/mol. The molecule has 21 heavy (non-hydrogen) atoms. The van der Waals surface area contributed by atoms with Crippen LogP contribution in [0.3, 0.4) is 0 Å². The van der Waals surface area contributed by atoms with Crippen LogP contribution in [0.15, 0.2) is 42.5 Å². The van der Waals surface area contributed by atoms with Crippen LogP contribution >= 0.6 is 0 Å². The summed E-state index contributed by atoms with van der Waals surface area (Å²) in [7, 11) is 0. The molecule has 0 atom stereocenters. The summed E-state index contributed by atoms with van der Waals surface area (Å²) in [6, 6.07) is 14.3. The van der Waals surface area contributed by atoms with Gasteiger partial charge in [0.15, 0.2) is 11.5 Å². The van der Waals surface area contributed by atoms with Gasteiger partial charge < -0.3 is 0 Å². The minimum Gasteiger partial charge on any atom is -0.292 e. The maximum atomic E-state index is 11.9. The maximum Gasteiger partial charge on any atom is 0.184 e. The van der Waals surface area contributed by atoms with Crippen molar-refractivity contribution in [1.82, 2.24) is 15.0 Å². The molecule has 4 nitrogen and oxygen atoms in total. The first-order valence-corrected chi connectivity index (χ1v) is 7.21. The Kier molecular flexibility index (Phi) is 3.52. The number of hydrogen-bond acceptors (Lipinski definition) is 3. The van der Waals surface area contributed by atoms with Gasteiger partial charge in [0.05, 0.1) is 11.4 Å². The number of carbonyl (C=O) groups excluding carboxylic acids is 1. The normalized spacial score (nSPS) is 11.0. The number of carbonyl (C=O) groups is 1. The van der Waals surface area contributed by atoms with Gasteiger partial charge in [0.25, 0.3) is 0 Å². The van der Waals surface area contributed by atoms with E-state index in [0.717, 1.165) is 23.2 Å². The summed E-state index contributed by atoms with van der Waals surface area (Å²) in [6.45, 7) is 3.86. The first-order valence-electron chi connectivity index (χ1n) is 7.21.